The first-order valence-electron chi connectivity index (χ1n) is 13.3. The number of nitrogens with zero attached hydrogens (tertiary/aromatic N) is 6. The van der Waals surface area contributed by atoms with E-state index in [2.05, 4.69) is 49.7 Å². The number of likely N-dealkylation sites (tertiary alicyclic amines) is 2. The average molecular weight is 472 g/mol. The maximum atomic E-state index is 9.15. The second kappa shape index (κ2) is 12.3. The third kappa shape index (κ3) is 6.90. The van der Waals surface area contributed by atoms with Gasteiger partial charge in [0.05, 0.1) is 13.2 Å². The largest absolute Gasteiger partial charge is 0.395 e. The van der Waals surface area contributed by atoms with Crippen molar-refractivity contribution in [2.75, 3.05) is 52.4 Å². The predicted molar refractivity (Wildman–Crippen MR) is 136 cm³/mol. The van der Waals surface area contributed by atoms with Gasteiger partial charge in [-0.2, -0.15) is 0 Å². The van der Waals surface area contributed by atoms with Gasteiger partial charge < -0.3 is 29.4 Å². The Labute approximate surface area is 205 Å². The highest BCUT2D eigenvalue weighted by molar-refractivity contribution is 4.96. The maximum Gasteiger partial charge on any atom is 0.122 e. The summed E-state index contributed by atoms with van der Waals surface area (Å²) in [5.74, 6) is 2.90. The molecule has 0 bridgehead atoms. The van der Waals surface area contributed by atoms with Crippen molar-refractivity contribution in [3.8, 4) is 0 Å². The number of nitrogens with one attached hydrogen (secondary N) is 1. The Kier molecular flexibility index (Phi) is 9.17. The van der Waals surface area contributed by atoms with Crippen LogP contribution < -0.4 is 5.32 Å². The summed E-state index contributed by atoms with van der Waals surface area (Å²) in [6, 6.07) is 0. The monoisotopic (exact) mass is 471 g/mol. The smallest absolute Gasteiger partial charge is 0.122 e. The molecule has 8 heteroatoms. The van der Waals surface area contributed by atoms with Crippen LogP contribution in [0, 0.1) is 11.3 Å². The van der Waals surface area contributed by atoms with Crippen molar-refractivity contribution in [1.82, 2.24) is 34.2 Å². The molecule has 2 fully saturated rings. The lowest BCUT2D eigenvalue weighted by Gasteiger charge is -2.40. The third-order valence-corrected chi connectivity index (χ3v) is 7.68. The van der Waals surface area contributed by atoms with E-state index in [1.165, 1.54) is 65.0 Å². The topological polar surface area (TPSA) is 74.4 Å². The van der Waals surface area contributed by atoms with Gasteiger partial charge in [-0.3, -0.25) is 0 Å². The zero-order valence-corrected chi connectivity index (χ0v) is 21.3. The zero-order valence-electron chi connectivity index (χ0n) is 21.3. The maximum absolute atomic E-state index is 9.15. The Morgan fingerprint density at radius 2 is 1.62 bits per heavy atom. The molecule has 0 unspecified atom stereocenters. The summed E-state index contributed by atoms with van der Waals surface area (Å²) >= 11 is 0. The molecule has 0 aromatic carbocycles. The van der Waals surface area contributed by atoms with Crippen molar-refractivity contribution < 1.29 is 5.11 Å². The van der Waals surface area contributed by atoms with Crippen LogP contribution in [0.5, 0.6) is 0 Å². The highest BCUT2D eigenvalue weighted by atomic mass is 16.3. The molecule has 2 N–H and O–H groups in total. The molecule has 1 spiro atoms. The van der Waals surface area contributed by atoms with Crippen molar-refractivity contribution in [1.29, 1.82) is 0 Å². The van der Waals surface area contributed by atoms with Gasteiger partial charge in [0.1, 0.15) is 11.6 Å². The Hall–Kier alpha value is -1.74. The number of aliphatic hydroxyl groups excluding tert-OH is 1. The quantitative estimate of drug-likeness (QED) is 0.437. The van der Waals surface area contributed by atoms with E-state index >= 15 is 0 Å². The number of rotatable bonds is 13. The first kappa shape index (κ1) is 25.4. The van der Waals surface area contributed by atoms with E-state index in [1.807, 2.05) is 17.0 Å². The second-order valence-electron chi connectivity index (χ2n) is 10.8. The molecular formula is C26H45N7O. The fourth-order valence-electron chi connectivity index (χ4n) is 5.81. The lowest BCUT2D eigenvalue weighted by molar-refractivity contribution is 0.0989. The van der Waals surface area contributed by atoms with Crippen LogP contribution in [0.15, 0.2) is 24.8 Å². The molecule has 2 aliphatic heterocycles. The van der Waals surface area contributed by atoms with Gasteiger partial charge in [0.25, 0.3) is 0 Å². The van der Waals surface area contributed by atoms with E-state index in [4.69, 9.17) is 5.11 Å². The van der Waals surface area contributed by atoms with Crippen molar-refractivity contribution in [2.45, 2.75) is 65.6 Å². The summed E-state index contributed by atoms with van der Waals surface area (Å²) in [4.78, 5) is 14.4. The van der Waals surface area contributed by atoms with Crippen LogP contribution in [0.3, 0.4) is 0 Å². The van der Waals surface area contributed by atoms with Gasteiger partial charge in [-0.05, 0) is 63.2 Å². The van der Waals surface area contributed by atoms with Crippen molar-refractivity contribution in [2.24, 2.45) is 11.3 Å². The van der Waals surface area contributed by atoms with E-state index in [9.17, 15) is 0 Å². The summed E-state index contributed by atoms with van der Waals surface area (Å²) < 4.78 is 4.32. The SMILES string of the molecule is CC(C)CN1CCC2(CC1)CCN(CCCn1ccnc1CCNCc1nccn1CCO)C2. The van der Waals surface area contributed by atoms with E-state index in [0.717, 1.165) is 37.1 Å². The molecule has 0 aliphatic carbocycles. The second-order valence-corrected chi connectivity index (χ2v) is 10.8. The van der Waals surface area contributed by atoms with Crippen LogP contribution in [0.2, 0.25) is 0 Å². The van der Waals surface area contributed by atoms with Gasteiger partial charge in [0, 0.05) is 63.9 Å². The summed E-state index contributed by atoms with van der Waals surface area (Å²) in [5, 5.41) is 12.6. The number of aryl methyl sites for hydroxylation is 1. The van der Waals surface area contributed by atoms with Crippen LogP contribution >= 0.6 is 0 Å². The number of piperidine rings is 1. The van der Waals surface area contributed by atoms with Gasteiger partial charge in [0.15, 0.2) is 0 Å². The molecule has 0 radical (unpaired) electrons. The van der Waals surface area contributed by atoms with Crippen LogP contribution in [-0.2, 0) is 26.1 Å². The predicted octanol–water partition coefficient (Wildman–Crippen LogP) is 2.24. The van der Waals surface area contributed by atoms with Gasteiger partial charge in [0.2, 0.25) is 0 Å². The molecular weight excluding hydrogens is 426 g/mol. The first-order valence-corrected chi connectivity index (χ1v) is 13.3. The van der Waals surface area contributed by atoms with E-state index in [1.54, 1.807) is 6.20 Å². The van der Waals surface area contributed by atoms with Crippen LogP contribution in [0.4, 0.5) is 0 Å². The van der Waals surface area contributed by atoms with Crippen molar-refractivity contribution in [3.05, 3.63) is 36.4 Å². The average Bonchev–Trinajstić information content (AvgIpc) is 3.55. The highest BCUT2D eigenvalue weighted by Crippen LogP contribution is 2.40. The van der Waals surface area contributed by atoms with E-state index < -0.39 is 0 Å². The van der Waals surface area contributed by atoms with Gasteiger partial charge >= 0.3 is 0 Å². The zero-order chi connectivity index (χ0) is 23.8. The fraction of sp³-hybridized carbons (Fsp3) is 0.769. The minimum absolute atomic E-state index is 0.135. The molecule has 2 aliphatic rings. The van der Waals surface area contributed by atoms with Crippen molar-refractivity contribution in [3.63, 3.8) is 0 Å². The number of hydrogen-bond acceptors (Lipinski definition) is 6. The number of imidazole rings is 2. The minimum atomic E-state index is 0.135. The number of hydrogen-bond donors (Lipinski definition) is 2. The third-order valence-electron chi connectivity index (χ3n) is 7.68. The molecule has 2 saturated heterocycles. The standard InChI is InChI=1S/C26H45N7O/c1-23(2)21-30-13-5-26(6-14-30)7-15-31(22-26)11-3-12-32-16-9-28-24(32)4-8-27-20-25-29-10-17-33(25)18-19-34/h9-10,16-17,23,27,34H,3-8,11-15,18-22H2,1-2H3. The Morgan fingerprint density at radius 1 is 0.941 bits per heavy atom. The number of aromatic nitrogens is 4. The minimum Gasteiger partial charge on any atom is -0.395 e. The molecule has 0 atom stereocenters. The van der Waals surface area contributed by atoms with E-state index in [0.29, 0.717) is 18.5 Å². The lowest BCUT2D eigenvalue weighted by Crippen LogP contribution is -2.42. The fourth-order valence-corrected chi connectivity index (χ4v) is 5.81. The summed E-state index contributed by atoms with van der Waals surface area (Å²) in [6.07, 6.45) is 14.0. The molecule has 0 saturated carbocycles. The Balaban J connectivity index is 1.13. The van der Waals surface area contributed by atoms with Crippen molar-refractivity contribution >= 4 is 0 Å². The molecule has 2 aromatic rings. The summed E-state index contributed by atoms with van der Waals surface area (Å²) in [5.41, 5.74) is 0.588. The summed E-state index contributed by atoms with van der Waals surface area (Å²) in [6.45, 7) is 15.6. The molecule has 2 aromatic heterocycles. The van der Waals surface area contributed by atoms with Gasteiger partial charge in [-0.15, -0.1) is 0 Å². The highest BCUT2D eigenvalue weighted by Gasteiger charge is 2.40. The molecule has 4 heterocycles. The normalized spacial score (nSPS) is 19.1. The molecule has 34 heavy (non-hydrogen) atoms. The lowest BCUT2D eigenvalue weighted by atomic mass is 9.77. The Bertz CT molecular complexity index is 853. The van der Waals surface area contributed by atoms with Crippen LogP contribution in [0.25, 0.3) is 0 Å². The number of aliphatic hydroxyl groups is 1. The van der Waals surface area contributed by atoms with Crippen LogP contribution in [-0.4, -0.2) is 86.4 Å². The summed E-state index contributed by atoms with van der Waals surface area (Å²) in [7, 11) is 0. The Morgan fingerprint density at radius 3 is 2.32 bits per heavy atom. The molecule has 0 amide bonds. The molecule has 190 valence electrons. The van der Waals surface area contributed by atoms with Crippen LogP contribution in [0.1, 0.15) is 51.2 Å². The van der Waals surface area contributed by atoms with Gasteiger partial charge in [-0.1, -0.05) is 13.8 Å². The van der Waals surface area contributed by atoms with E-state index in [-0.39, 0.29) is 6.61 Å². The molecule has 4 rings (SSSR count). The molecule has 8 nitrogen and oxygen atoms in total. The van der Waals surface area contributed by atoms with Gasteiger partial charge in [-0.25, -0.2) is 9.97 Å². The first-order chi connectivity index (χ1) is 16.6.